The highest BCUT2D eigenvalue weighted by molar-refractivity contribution is 8.76. The number of benzene rings is 4. The zero-order valence-electron chi connectivity index (χ0n) is 44.4. The molecule has 1 saturated heterocycles. The topological polar surface area (TPSA) is 363 Å². The molecule has 0 bridgehead atoms. The summed E-state index contributed by atoms with van der Waals surface area (Å²) >= 11 is 6.08. The third kappa shape index (κ3) is 20.5. The lowest BCUT2D eigenvalue weighted by molar-refractivity contribution is -0.136. The Morgan fingerprint density at radius 2 is 1.16 bits per heavy atom. The van der Waals surface area contributed by atoms with Gasteiger partial charge in [0.1, 0.15) is 53.8 Å². The van der Waals surface area contributed by atoms with Crippen molar-refractivity contribution in [1.82, 2.24) is 42.5 Å². The number of phenols is 2. The molecule has 1 aliphatic heterocycles. The number of nitrogens with two attached hydrogens (primary N) is 2. The number of carbonyl (C=O) groups excluding carboxylic acids is 9. The number of carbonyl (C=O) groups is 9. The van der Waals surface area contributed by atoms with E-state index in [1.54, 1.807) is 55.6 Å². The first kappa shape index (κ1) is 63.6. The number of aliphatic hydroxyl groups excluding tert-OH is 1. The van der Waals surface area contributed by atoms with Crippen molar-refractivity contribution in [3.05, 3.63) is 130 Å². The van der Waals surface area contributed by atoms with Gasteiger partial charge in [0.25, 0.3) is 0 Å². The summed E-state index contributed by atoms with van der Waals surface area (Å²) in [5.74, 6) is -8.06. The van der Waals surface area contributed by atoms with Crippen LogP contribution in [-0.4, -0.2) is 148 Å². The molecule has 0 radical (unpaired) electrons. The van der Waals surface area contributed by atoms with Crippen LogP contribution >= 0.6 is 33.2 Å². The van der Waals surface area contributed by atoms with Crippen molar-refractivity contribution in [3.63, 3.8) is 0 Å². The van der Waals surface area contributed by atoms with Crippen LogP contribution < -0.4 is 54.0 Å². The van der Waals surface area contributed by atoms with Crippen molar-refractivity contribution in [3.8, 4) is 11.5 Å². The van der Waals surface area contributed by atoms with Gasteiger partial charge in [-0.05, 0) is 112 Å². The van der Waals surface area contributed by atoms with Crippen molar-refractivity contribution in [2.24, 2.45) is 11.5 Å². The monoisotopic (exact) mass is 1160 g/mol. The Hall–Kier alpha value is -7.22. The highest BCUT2D eigenvalue weighted by Gasteiger charge is 2.36. The molecule has 1 fully saturated rings. The molecule has 80 heavy (non-hydrogen) atoms. The number of nitrogens with one attached hydrogen (secondary N) is 8. The number of halogens is 1. The number of rotatable bonds is 20. The average molecular weight is 1160 g/mol. The van der Waals surface area contributed by atoms with Crippen LogP contribution in [0.3, 0.4) is 0 Å². The number of amides is 8. The molecule has 15 N–H and O–H groups in total. The van der Waals surface area contributed by atoms with Crippen LogP contribution in [0.15, 0.2) is 97.1 Å². The minimum absolute atomic E-state index is 0.00576. The van der Waals surface area contributed by atoms with E-state index >= 15 is 0 Å². The number of phenolic OH excluding ortho intramolecular Hbond substituents is 2. The molecule has 9 atom stereocenters. The maximum absolute atomic E-state index is 14.8. The molecule has 1 heterocycles. The standard InChI is InChI=1S/C55H69ClN10O12S2/c1-30(67)36-15-7-33(8-16-36)26-43-51(74)60-41(6-4-5-23-59-3)50(73)66-47(31(2)68)55(78)65-46(53(76)61-42(48(58)71)25-34-11-19-38(69)20-12-34)29-80-79-28-45(64-49(72)40(57)24-32-9-17-37(56)18-10-32)54(77)63-44(52(75)62-43)27-35-13-21-39(70)22-14-35/h7-22,31,40-47,59,68-70H,4-6,23-29,57H2,1-3H3,(H2,58,71)(H,60,74)(H,61,76)(H,62,75)(H,63,77)(H,64,72)(H,65,78)(H,66,73)/t31-,40+,41+,42-,43-,44+,45-,46+,47+/m1/s1. The molecule has 0 unspecified atom stereocenters. The van der Waals surface area contributed by atoms with Crippen LogP contribution in [0.25, 0.3) is 0 Å². The van der Waals surface area contributed by atoms with Gasteiger partial charge in [0.15, 0.2) is 5.78 Å². The van der Waals surface area contributed by atoms with Gasteiger partial charge < -0.3 is 69.3 Å². The van der Waals surface area contributed by atoms with Crippen molar-refractivity contribution in [2.75, 3.05) is 25.1 Å². The molecule has 0 aliphatic carbocycles. The van der Waals surface area contributed by atoms with E-state index < -0.39 is 102 Å². The number of aliphatic hydroxyl groups is 1. The van der Waals surface area contributed by atoms with Gasteiger partial charge in [0, 0.05) is 41.4 Å². The lowest BCUT2D eigenvalue weighted by Crippen LogP contribution is -2.62. The zero-order chi connectivity index (χ0) is 58.5. The fraction of sp³-hybridized carbons (Fsp3) is 0.400. The smallest absolute Gasteiger partial charge is 0.245 e. The van der Waals surface area contributed by atoms with Gasteiger partial charge in [-0.1, -0.05) is 93.9 Å². The molecule has 4 aromatic rings. The Bertz CT molecular complexity index is 2780. The number of hydrogen-bond donors (Lipinski definition) is 13. The number of Topliss-reactive ketones (excluding diaryl/α,β-unsaturated/α-hetero) is 1. The molecule has 4 aromatic carbocycles. The van der Waals surface area contributed by atoms with E-state index in [0.29, 0.717) is 52.2 Å². The first-order valence-corrected chi connectivity index (χ1v) is 28.6. The van der Waals surface area contributed by atoms with Gasteiger partial charge in [-0.15, -0.1) is 0 Å². The number of ketones is 1. The first-order valence-electron chi connectivity index (χ1n) is 25.7. The summed E-state index contributed by atoms with van der Waals surface area (Å²) in [6.07, 6.45) is -1.17. The normalized spacial score (nSPS) is 20.9. The molecule has 1 aliphatic rings. The number of hydrogen-bond acceptors (Lipinski definition) is 16. The third-order valence-electron chi connectivity index (χ3n) is 12.9. The van der Waals surface area contributed by atoms with Crippen molar-refractivity contribution >= 4 is 86.2 Å². The third-order valence-corrected chi connectivity index (χ3v) is 15.5. The van der Waals surface area contributed by atoms with E-state index in [4.69, 9.17) is 23.1 Å². The maximum Gasteiger partial charge on any atom is 0.245 e. The molecular formula is C55H69ClN10O12S2. The zero-order valence-corrected chi connectivity index (χ0v) is 46.8. The van der Waals surface area contributed by atoms with E-state index in [1.165, 1.54) is 62.4 Å². The molecular weight excluding hydrogens is 1090 g/mol. The van der Waals surface area contributed by atoms with E-state index in [0.717, 1.165) is 21.6 Å². The number of unbranched alkanes of at least 4 members (excludes halogenated alkanes) is 1. The van der Waals surface area contributed by atoms with E-state index in [9.17, 15) is 58.5 Å². The quantitative estimate of drug-likeness (QED) is 0.0327. The second kappa shape index (κ2) is 31.5. The molecule has 430 valence electrons. The van der Waals surface area contributed by atoms with Crippen LogP contribution in [0.1, 0.15) is 65.7 Å². The Morgan fingerprint density at radius 3 is 1.71 bits per heavy atom. The van der Waals surface area contributed by atoms with Crippen LogP contribution in [0.2, 0.25) is 5.02 Å². The van der Waals surface area contributed by atoms with Crippen LogP contribution in [0.5, 0.6) is 11.5 Å². The molecule has 5 rings (SSSR count). The summed E-state index contributed by atoms with van der Waals surface area (Å²) < 4.78 is 0. The van der Waals surface area contributed by atoms with Crippen molar-refractivity contribution in [2.45, 2.75) is 113 Å². The Morgan fingerprint density at radius 1 is 0.662 bits per heavy atom. The summed E-state index contributed by atoms with van der Waals surface area (Å²) in [5.41, 5.74) is 14.6. The largest absolute Gasteiger partial charge is 0.508 e. The van der Waals surface area contributed by atoms with Crippen molar-refractivity contribution < 1.29 is 58.5 Å². The summed E-state index contributed by atoms with van der Waals surface area (Å²) in [4.78, 5) is 126. The first-order chi connectivity index (χ1) is 38.1. The summed E-state index contributed by atoms with van der Waals surface area (Å²) in [6, 6.07) is 12.9. The second-order valence-electron chi connectivity index (χ2n) is 19.3. The number of primary amides is 1. The van der Waals surface area contributed by atoms with E-state index in [2.05, 4.69) is 42.5 Å². The second-order valence-corrected chi connectivity index (χ2v) is 22.3. The lowest BCUT2D eigenvalue weighted by atomic mass is 10.00. The minimum Gasteiger partial charge on any atom is -0.508 e. The Kier molecular flexibility index (Phi) is 25.1. The molecule has 22 nitrogen and oxygen atoms in total. The fourth-order valence-corrected chi connectivity index (χ4v) is 10.7. The summed E-state index contributed by atoms with van der Waals surface area (Å²) in [6.45, 7) is 3.15. The van der Waals surface area contributed by atoms with E-state index in [1.807, 2.05) is 0 Å². The van der Waals surface area contributed by atoms with Gasteiger partial charge in [-0.3, -0.25) is 43.2 Å². The highest BCUT2D eigenvalue weighted by Crippen LogP contribution is 2.24. The summed E-state index contributed by atoms with van der Waals surface area (Å²) in [5, 5.41) is 53.0. The SMILES string of the molecule is CNCCCC[C@@H]1NC(=O)[C@@H](Cc2ccc(C(C)=O)cc2)NC(=O)[C@H](Cc2ccc(O)cc2)NC(=O)[C@H](NC(=O)[C@@H](N)Cc2ccc(Cl)cc2)CSSC[C@@H](C(=O)N[C@H](Cc2ccc(O)cc2)C(N)=O)NC(=O)[C@H]([C@@H](C)O)NC1=O. The molecule has 25 heteroatoms. The van der Waals surface area contributed by atoms with Crippen LogP contribution in [-0.2, 0) is 64.0 Å². The maximum atomic E-state index is 14.8. The predicted molar refractivity (Wildman–Crippen MR) is 304 cm³/mol. The van der Waals surface area contributed by atoms with Gasteiger partial charge in [-0.25, -0.2) is 0 Å². The Labute approximate surface area is 476 Å². The molecule has 0 spiro atoms. The minimum atomic E-state index is -1.74. The highest BCUT2D eigenvalue weighted by atomic mass is 35.5. The fourth-order valence-electron chi connectivity index (χ4n) is 8.26. The van der Waals surface area contributed by atoms with E-state index in [-0.39, 0.29) is 60.9 Å². The number of aromatic hydroxyl groups is 2. The summed E-state index contributed by atoms with van der Waals surface area (Å²) in [7, 11) is 3.66. The van der Waals surface area contributed by atoms with Gasteiger partial charge in [0.05, 0.1) is 12.1 Å². The molecule has 8 amide bonds. The van der Waals surface area contributed by atoms with Crippen LogP contribution in [0, 0.1) is 0 Å². The Balaban J connectivity index is 1.58. The van der Waals surface area contributed by atoms with Gasteiger partial charge in [-0.2, -0.15) is 0 Å². The van der Waals surface area contributed by atoms with Crippen molar-refractivity contribution in [1.29, 1.82) is 0 Å². The molecule has 0 aromatic heterocycles. The molecule has 0 saturated carbocycles. The van der Waals surface area contributed by atoms with Gasteiger partial charge >= 0.3 is 0 Å². The lowest BCUT2D eigenvalue weighted by Gasteiger charge is -2.29. The van der Waals surface area contributed by atoms with Gasteiger partial charge in [0.2, 0.25) is 47.3 Å². The average Bonchev–Trinajstić information content (AvgIpc) is 3.42. The van der Waals surface area contributed by atoms with Crippen LogP contribution in [0.4, 0.5) is 0 Å². The predicted octanol–water partition coefficient (Wildman–Crippen LogP) is 0.596.